The highest BCUT2D eigenvalue weighted by atomic mass is 32.2. The maximum atomic E-state index is 12.3. The fourth-order valence-corrected chi connectivity index (χ4v) is 2.77. The summed E-state index contributed by atoms with van der Waals surface area (Å²) in [5.74, 6) is -1.55. The van der Waals surface area contributed by atoms with Crippen molar-refractivity contribution in [2.45, 2.75) is 17.6 Å². The predicted molar refractivity (Wildman–Crippen MR) is 99.7 cm³/mol. The molecule has 2 rings (SSSR count). The summed E-state index contributed by atoms with van der Waals surface area (Å²) in [7, 11) is 3.10. The number of ether oxygens (including phenoxy) is 2. The molecule has 0 aliphatic carbocycles. The highest BCUT2D eigenvalue weighted by Crippen LogP contribution is 2.32. The number of hydrogen-bond donors (Lipinski definition) is 2. The van der Waals surface area contributed by atoms with E-state index in [0.29, 0.717) is 33.8 Å². The number of carbonyl (C=O) groups excluding carboxylic acids is 1. The van der Waals surface area contributed by atoms with E-state index in [0.717, 1.165) is 11.3 Å². The molecule has 0 fully saturated rings. The molecule has 0 saturated carbocycles. The molecule has 5 nitrogen and oxygen atoms in total. The number of nitrogens with one attached hydrogen (secondary N) is 2. The summed E-state index contributed by atoms with van der Waals surface area (Å²) < 4.78 is 35.1. The number of alkyl halides is 2. The second kappa shape index (κ2) is 9.28. The summed E-state index contributed by atoms with van der Waals surface area (Å²) in [6, 6.07) is 9.83. The van der Waals surface area contributed by atoms with E-state index in [1.807, 2.05) is 13.0 Å². The first-order chi connectivity index (χ1) is 12.4. The molecule has 0 aromatic heterocycles. The van der Waals surface area contributed by atoms with Crippen LogP contribution >= 0.6 is 11.8 Å². The van der Waals surface area contributed by atoms with Crippen molar-refractivity contribution in [3.05, 3.63) is 42.0 Å². The largest absolute Gasteiger partial charge is 0.493 e. The molecule has 8 heteroatoms. The number of hydrogen-bond acceptors (Lipinski definition) is 5. The van der Waals surface area contributed by atoms with Crippen LogP contribution in [0.25, 0.3) is 0 Å². The molecule has 0 atom stereocenters. The van der Waals surface area contributed by atoms with Gasteiger partial charge in [0.1, 0.15) is 0 Å². The minimum Gasteiger partial charge on any atom is -0.493 e. The Bertz CT molecular complexity index is 755. The fourth-order valence-electron chi connectivity index (χ4n) is 2.27. The zero-order valence-corrected chi connectivity index (χ0v) is 15.5. The summed E-state index contributed by atoms with van der Waals surface area (Å²) in [6.07, 6.45) is 0. The molecule has 0 spiro atoms. The average Bonchev–Trinajstić information content (AvgIpc) is 2.61. The van der Waals surface area contributed by atoms with Gasteiger partial charge in [-0.3, -0.25) is 4.79 Å². The van der Waals surface area contributed by atoms with Gasteiger partial charge in [-0.2, -0.15) is 8.78 Å². The van der Waals surface area contributed by atoms with Gasteiger partial charge in [0.15, 0.2) is 11.5 Å². The number of carbonyl (C=O) groups is 1. The quantitative estimate of drug-likeness (QED) is 0.664. The van der Waals surface area contributed by atoms with Gasteiger partial charge in [-0.05, 0) is 42.8 Å². The lowest BCUT2D eigenvalue weighted by Gasteiger charge is -2.14. The van der Waals surface area contributed by atoms with E-state index in [4.69, 9.17) is 9.47 Å². The first kappa shape index (κ1) is 19.8. The summed E-state index contributed by atoms with van der Waals surface area (Å²) in [5.41, 5.74) is 2.20. The van der Waals surface area contributed by atoms with Gasteiger partial charge in [-0.1, -0.05) is 11.8 Å². The molecule has 2 aromatic rings. The number of halogens is 2. The van der Waals surface area contributed by atoms with Crippen LogP contribution in [0.2, 0.25) is 0 Å². The van der Waals surface area contributed by atoms with E-state index in [2.05, 4.69) is 10.6 Å². The lowest BCUT2D eigenvalue weighted by molar-refractivity contribution is -0.114. The number of rotatable bonds is 8. The summed E-state index contributed by atoms with van der Waals surface area (Å²) in [6.45, 7) is 1.94. The van der Waals surface area contributed by atoms with Gasteiger partial charge in [-0.25, -0.2) is 0 Å². The molecule has 0 saturated heterocycles. The highest BCUT2D eigenvalue weighted by molar-refractivity contribution is 7.99. The van der Waals surface area contributed by atoms with Gasteiger partial charge in [0, 0.05) is 22.3 Å². The Kier molecular flexibility index (Phi) is 7.08. The van der Waals surface area contributed by atoms with E-state index in [1.165, 1.54) is 0 Å². The minimum absolute atomic E-state index is 0.0455. The van der Waals surface area contributed by atoms with Crippen LogP contribution in [0.15, 0.2) is 41.3 Å². The zero-order valence-electron chi connectivity index (χ0n) is 14.6. The van der Waals surface area contributed by atoms with Crippen LogP contribution in [-0.4, -0.2) is 32.4 Å². The molecular formula is C18H20F2N2O3S. The van der Waals surface area contributed by atoms with Gasteiger partial charge in [-0.15, -0.1) is 0 Å². The minimum atomic E-state index is -2.47. The Hall–Kier alpha value is -2.48. The topological polar surface area (TPSA) is 59.6 Å². The van der Waals surface area contributed by atoms with Crippen LogP contribution in [0.5, 0.6) is 11.5 Å². The third-order valence-electron chi connectivity index (χ3n) is 3.53. The first-order valence-electron chi connectivity index (χ1n) is 7.74. The Morgan fingerprint density at radius 1 is 1.12 bits per heavy atom. The first-order valence-corrected chi connectivity index (χ1v) is 8.62. The van der Waals surface area contributed by atoms with Gasteiger partial charge < -0.3 is 20.1 Å². The van der Waals surface area contributed by atoms with Crippen LogP contribution in [0.4, 0.5) is 20.2 Å². The molecule has 2 N–H and O–H groups in total. The molecule has 0 bridgehead atoms. The summed E-state index contributed by atoms with van der Waals surface area (Å²) in [5, 5.41) is 5.75. The van der Waals surface area contributed by atoms with Crippen LogP contribution in [-0.2, 0) is 4.79 Å². The van der Waals surface area contributed by atoms with Gasteiger partial charge in [0.2, 0.25) is 5.91 Å². The third kappa shape index (κ3) is 5.52. The van der Waals surface area contributed by atoms with E-state index in [9.17, 15) is 13.6 Å². The molecule has 0 aliphatic heterocycles. The van der Waals surface area contributed by atoms with Crippen LogP contribution in [0, 0.1) is 6.92 Å². The Labute approximate surface area is 155 Å². The third-order valence-corrected chi connectivity index (χ3v) is 4.26. The lowest BCUT2D eigenvalue weighted by Crippen LogP contribution is -2.22. The number of anilines is 2. The van der Waals surface area contributed by atoms with Crippen molar-refractivity contribution in [3.8, 4) is 11.5 Å². The standard InChI is InChI=1S/C18H20F2N2O3S/c1-11-8-15(24-2)16(25-3)9-14(11)21-10-17(23)22-12-4-6-13(7-5-12)26-18(19)20/h4-9,18,21H,10H2,1-3H3,(H,22,23). The van der Waals surface area contributed by atoms with Gasteiger partial charge >= 0.3 is 0 Å². The normalized spacial score (nSPS) is 10.5. The monoisotopic (exact) mass is 382 g/mol. The summed E-state index contributed by atoms with van der Waals surface area (Å²) in [4.78, 5) is 12.5. The maximum Gasteiger partial charge on any atom is 0.288 e. The average molecular weight is 382 g/mol. The number of methoxy groups -OCH3 is 2. The van der Waals surface area contributed by atoms with Gasteiger partial charge in [0.25, 0.3) is 5.76 Å². The van der Waals surface area contributed by atoms with Crippen molar-refractivity contribution in [3.63, 3.8) is 0 Å². The van der Waals surface area contributed by atoms with Crippen molar-refractivity contribution in [2.24, 2.45) is 0 Å². The smallest absolute Gasteiger partial charge is 0.288 e. The lowest BCUT2D eigenvalue weighted by atomic mass is 10.1. The van der Waals surface area contributed by atoms with Crippen LogP contribution < -0.4 is 20.1 Å². The highest BCUT2D eigenvalue weighted by Gasteiger charge is 2.10. The molecule has 1 amide bonds. The summed E-state index contributed by atoms with van der Waals surface area (Å²) >= 11 is 0.461. The van der Waals surface area contributed by atoms with E-state index in [1.54, 1.807) is 44.6 Å². The van der Waals surface area contributed by atoms with Crippen molar-refractivity contribution < 1.29 is 23.0 Å². The molecular weight excluding hydrogens is 362 g/mol. The van der Waals surface area contributed by atoms with Crippen molar-refractivity contribution in [1.29, 1.82) is 0 Å². The molecule has 2 aromatic carbocycles. The van der Waals surface area contributed by atoms with Crippen LogP contribution in [0.3, 0.4) is 0 Å². The van der Waals surface area contributed by atoms with Crippen LogP contribution in [0.1, 0.15) is 5.56 Å². The number of thioether (sulfide) groups is 1. The number of aryl methyl sites for hydroxylation is 1. The van der Waals surface area contributed by atoms with E-state index in [-0.39, 0.29) is 12.5 Å². The Morgan fingerprint density at radius 3 is 2.31 bits per heavy atom. The van der Waals surface area contributed by atoms with Crippen molar-refractivity contribution >= 4 is 29.0 Å². The maximum absolute atomic E-state index is 12.3. The fraction of sp³-hybridized carbons (Fsp3) is 0.278. The molecule has 140 valence electrons. The number of amides is 1. The molecule has 0 radical (unpaired) electrons. The van der Waals surface area contributed by atoms with E-state index >= 15 is 0 Å². The van der Waals surface area contributed by atoms with E-state index < -0.39 is 5.76 Å². The Balaban J connectivity index is 1.94. The number of benzene rings is 2. The Morgan fingerprint density at radius 2 is 1.73 bits per heavy atom. The molecule has 0 heterocycles. The zero-order chi connectivity index (χ0) is 19.1. The predicted octanol–water partition coefficient (Wildman–Crippen LogP) is 4.38. The van der Waals surface area contributed by atoms with Gasteiger partial charge in [0.05, 0.1) is 20.8 Å². The SMILES string of the molecule is COc1cc(C)c(NCC(=O)Nc2ccc(SC(F)F)cc2)cc1OC. The second-order valence-electron chi connectivity index (χ2n) is 5.33. The molecule has 0 unspecified atom stereocenters. The van der Waals surface area contributed by atoms with Crippen molar-refractivity contribution in [1.82, 2.24) is 0 Å². The molecule has 0 aliphatic rings. The second-order valence-corrected chi connectivity index (χ2v) is 6.39. The molecule has 26 heavy (non-hydrogen) atoms. The van der Waals surface area contributed by atoms with Crippen molar-refractivity contribution in [2.75, 3.05) is 31.4 Å².